The first-order valence-corrected chi connectivity index (χ1v) is 7.77. The van der Waals surface area contributed by atoms with Crippen molar-refractivity contribution in [2.75, 3.05) is 5.32 Å². The molecule has 1 aliphatic rings. The van der Waals surface area contributed by atoms with Crippen LogP contribution in [0.2, 0.25) is 0 Å². The third-order valence-electron chi connectivity index (χ3n) is 4.79. The molecular formula is C17H23N3O. The van der Waals surface area contributed by atoms with Crippen LogP contribution in [0.4, 0.5) is 5.69 Å². The van der Waals surface area contributed by atoms with Gasteiger partial charge in [-0.2, -0.15) is 0 Å². The molecule has 1 aliphatic carbocycles. The van der Waals surface area contributed by atoms with E-state index < -0.39 is 0 Å². The Balaban J connectivity index is 1.72. The third kappa shape index (κ3) is 3.09. The highest BCUT2D eigenvalue weighted by molar-refractivity contribution is 5.62. The van der Waals surface area contributed by atoms with Crippen molar-refractivity contribution >= 4 is 5.69 Å². The maximum atomic E-state index is 5.25. The van der Waals surface area contributed by atoms with E-state index in [1.807, 2.05) is 6.07 Å². The van der Waals surface area contributed by atoms with Gasteiger partial charge in [-0.15, -0.1) is 10.2 Å². The van der Waals surface area contributed by atoms with E-state index in [9.17, 15) is 0 Å². The second kappa shape index (κ2) is 5.88. The lowest BCUT2D eigenvalue weighted by molar-refractivity contribution is 0.261. The molecule has 4 nitrogen and oxygen atoms in total. The standard InChI is InChI=1S/C17H23N3O/c1-11-4-6-15(9-12(11)2)19-16-7-5-14(8-13(16)3)17-20-18-10-21-17/h5,7-8,10-12,15,19H,4,6,9H2,1-3H3. The summed E-state index contributed by atoms with van der Waals surface area (Å²) in [4.78, 5) is 0. The highest BCUT2D eigenvalue weighted by atomic mass is 16.4. The van der Waals surface area contributed by atoms with Crippen molar-refractivity contribution in [3.63, 3.8) is 0 Å². The molecule has 3 atom stereocenters. The number of hydrogen-bond donors (Lipinski definition) is 1. The molecule has 0 amide bonds. The van der Waals surface area contributed by atoms with E-state index in [2.05, 4.69) is 48.4 Å². The van der Waals surface area contributed by atoms with Gasteiger partial charge in [-0.25, -0.2) is 0 Å². The molecule has 4 heteroatoms. The van der Waals surface area contributed by atoms with Crippen molar-refractivity contribution in [3.8, 4) is 11.5 Å². The fourth-order valence-corrected chi connectivity index (χ4v) is 3.16. The number of hydrogen-bond acceptors (Lipinski definition) is 4. The quantitative estimate of drug-likeness (QED) is 0.914. The van der Waals surface area contributed by atoms with E-state index in [1.54, 1.807) is 0 Å². The van der Waals surface area contributed by atoms with Crippen LogP contribution in [-0.2, 0) is 0 Å². The van der Waals surface area contributed by atoms with E-state index in [4.69, 9.17) is 4.42 Å². The lowest BCUT2D eigenvalue weighted by Gasteiger charge is -2.33. The van der Waals surface area contributed by atoms with Crippen LogP contribution < -0.4 is 5.32 Å². The summed E-state index contributed by atoms with van der Waals surface area (Å²) in [6.07, 6.45) is 5.20. The van der Waals surface area contributed by atoms with Gasteiger partial charge in [-0.1, -0.05) is 13.8 Å². The first-order valence-electron chi connectivity index (χ1n) is 7.77. The summed E-state index contributed by atoms with van der Waals surface area (Å²) in [6, 6.07) is 6.85. The van der Waals surface area contributed by atoms with Gasteiger partial charge in [0, 0.05) is 17.3 Å². The molecule has 3 unspecified atom stereocenters. The van der Waals surface area contributed by atoms with Gasteiger partial charge in [0.25, 0.3) is 0 Å². The van der Waals surface area contributed by atoms with Gasteiger partial charge in [0.1, 0.15) is 0 Å². The Labute approximate surface area is 126 Å². The monoisotopic (exact) mass is 285 g/mol. The minimum atomic E-state index is 0.574. The van der Waals surface area contributed by atoms with E-state index in [0.717, 1.165) is 17.4 Å². The van der Waals surface area contributed by atoms with Crippen LogP contribution in [0.15, 0.2) is 29.0 Å². The molecule has 2 aromatic rings. The molecule has 1 heterocycles. The molecule has 0 bridgehead atoms. The van der Waals surface area contributed by atoms with Gasteiger partial charge in [0.2, 0.25) is 12.3 Å². The molecule has 1 aromatic carbocycles. The van der Waals surface area contributed by atoms with Crippen LogP contribution in [0, 0.1) is 18.8 Å². The summed E-state index contributed by atoms with van der Waals surface area (Å²) >= 11 is 0. The zero-order chi connectivity index (χ0) is 14.8. The molecule has 1 aromatic heterocycles. The minimum Gasteiger partial charge on any atom is -0.423 e. The topological polar surface area (TPSA) is 51.0 Å². The van der Waals surface area contributed by atoms with E-state index in [-0.39, 0.29) is 0 Å². The van der Waals surface area contributed by atoms with Gasteiger partial charge < -0.3 is 9.73 Å². The fourth-order valence-electron chi connectivity index (χ4n) is 3.16. The van der Waals surface area contributed by atoms with Crippen LogP contribution in [-0.4, -0.2) is 16.2 Å². The molecule has 0 radical (unpaired) electrons. The summed E-state index contributed by atoms with van der Waals surface area (Å²) in [5.41, 5.74) is 3.41. The summed E-state index contributed by atoms with van der Waals surface area (Å²) in [5, 5.41) is 11.4. The Morgan fingerprint density at radius 3 is 2.71 bits per heavy atom. The highest BCUT2D eigenvalue weighted by Gasteiger charge is 2.24. The number of aryl methyl sites for hydroxylation is 1. The van der Waals surface area contributed by atoms with Crippen molar-refractivity contribution in [2.24, 2.45) is 11.8 Å². The molecule has 112 valence electrons. The van der Waals surface area contributed by atoms with Crippen LogP contribution in [0.1, 0.15) is 38.7 Å². The molecule has 1 N–H and O–H groups in total. The van der Waals surface area contributed by atoms with Crippen molar-refractivity contribution in [1.82, 2.24) is 10.2 Å². The zero-order valence-electron chi connectivity index (χ0n) is 13.0. The second-order valence-corrected chi connectivity index (χ2v) is 6.38. The Hall–Kier alpha value is -1.84. The van der Waals surface area contributed by atoms with Crippen molar-refractivity contribution in [1.29, 1.82) is 0 Å². The summed E-state index contributed by atoms with van der Waals surface area (Å²) in [6.45, 7) is 6.85. The van der Waals surface area contributed by atoms with Gasteiger partial charge in [-0.3, -0.25) is 0 Å². The zero-order valence-corrected chi connectivity index (χ0v) is 13.0. The number of nitrogens with zero attached hydrogens (tertiary/aromatic N) is 2. The van der Waals surface area contributed by atoms with Crippen LogP contribution >= 0.6 is 0 Å². The number of benzene rings is 1. The first kappa shape index (κ1) is 14.1. The average Bonchev–Trinajstić information content (AvgIpc) is 2.99. The van der Waals surface area contributed by atoms with Crippen LogP contribution in [0.3, 0.4) is 0 Å². The lowest BCUT2D eigenvalue weighted by Crippen LogP contribution is -2.30. The van der Waals surface area contributed by atoms with Gasteiger partial charge >= 0.3 is 0 Å². The van der Waals surface area contributed by atoms with Gasteiger partial charge in [0.05, 0.1) is 0 Å². The maximum absolute atomic E-state index is 5.25. The van der Waals surface area contributed by atoms with Gasteiger partial charge in [0.15, 0.2) is 0 Å². The number of aromatic nitrogens is 2. The average molecular weight is 285 g/mol. The number of anilines is 1. The Morgan fingerprint density at radius 2 is 2.05 bits per heavy atom. The normalized spacial score (nSPS) is 25.8. The van der Waals surface area contributed by atoms with Crippen molar-refractivity contribution < 1.29 is 4.42 Å². The molecule has 3 rings (SSSR count). The van der Waals surface area contributed by atoms with E-state index in [1.165, 1.54) is 36.9 Å². The van der Waals surface area contributed by atoms with Crippen LogP contribution in [0.5, 0.6) is 0 Å². The maximum Gasteiger partial charge on any atom is 0.247 e. The summed E-state index contributed by atoms with van der Waals surface area (Å²) in [7, 11) is 0. The molecule has 0 saturated heterocycles. The summed E-state index contributed by atoms with van der Waals surface area (Å²) < 4.78 is 5.25. The molecule has 0 spiro atoms. The van der Waals surface area contributed by atoms with Gasteiger partial charge in [-0.05, 0) is 61.8 Å². The highest BCUT2D eigenvalue weighted by Crippen LogP contribution is 2.32. The SMILES string of the molecule is Cc1cc(-c2nnco2)ccc1NC1CCC(C)C(C)C1. The minimum absolute atomic E-state index is 0.574. The largest absolute Gasteiger partial charge is 0.423 e. The molecule has 0 aliphatic heterocycles. The van der Waals surface area contributed by atoms with Crippen molar-refractivity contribution in [2.45, 2.75) is 46.1 Å². The summed E-state index contributed by atoms with van der Waals surface area (Å²) in [5.74, 6) is 2.23. The second-order valence-electron chi connectivity index (χ2n) is 6.38. The third-order valence-corrected chi connectivity index (χ3v) is 4.79. The predicted octanol–water partition coefficient (Wildman–Crippen LogP) is 4.28. The molecule has 1 saturated carbocycles. The number of nitrogens with one attached hydrogen (secondary N) is 1. The fraction of sp³-hybridized carbons (Fsp3) is 0.529. The lowest BCUT2D eigenvalue weighted by atomic mass is 9.79. The van der Waals surface area contributed by atoms with E-state index in [0.29, 0.717) is 11.9 Å². The Kier molecular flexibility index (Phi) is 3.95. The van der Waals surface area contributed by atoms with Crippen LogP contribution in [0.25, 0.3) is 11.5 Å². The predicted molar refractivity (Wildman–Crippen MR) is 84.1 cm³/mol. The van der Waals surface area contributed by atoms with Crippen molar-refractivity contribution in [3.05, 3.63) is 30.2 Å². The molecule has 1 fully saturated rings. The smallest absolute Gasteiger partial charge is 0.247 e. The molecular weight excluding hydrogens is 262 g/mol. The Morgan fingerprint density at radius 1 is 1.19 bits per heavy atom. The van der Waals surface area contributed by atoms with E-state index >= 15 is 0 Å². The Bertz CT molecular complexity index is 594. The number of rotatable bonds is 3. The molecule has 21 heavy (non-hydrogen) atoms. The first-order chi connectivity index (χ1) is 10.1.